The Morgan fingerprint density at radius 2 is 1.73 bits per heavy atom. The van der Waals surface area contributed by atoms with E-state index in [4.69, 9.17) is 0 Å². The third kappa shape index (κ3) is 3.61. The Hall–Kier alpha value is -1.95. The Morgan fingerprint density at radius 1 is 1.12 bits per heavy atom. The topological polar surface area (TPSA) is 57.6 Å². The van der Waals surface area contributed by atoms with Crippen LogP contribution in [0, 0.1) is 12.8 Å². The summed E-state index contributed by atoms with van der Waals surface area (Å²) in [4.78, 5) is 0.279. The second-order valence-corrected chi connectivity index (χ2v) is 8.96. The lowest BCUT2D eigenvalue weighted by Crippen LogP contribution is -2.48. The summed E-state index contributed by atoms with van der Waals surface area (Å²) in [5.41, 5.74) is 2.70. The van der Waals surface area contributed by atoms with Gasteiger partial charge in [-0.1, -0.05) is 60.2 Å². The molecule has 138 valence electrons. The van der Waals surface area contributed by atoms with E-state index in [1.165, 1.54) is 4.31 Å². The normalized spacial score (nSPS) is 24.3. The van der Waals surface area contributed by atoms with E-state index in [0.717, 1.165) is 16.7 Å². The van der Waals surface area contributed by atoms with Crippen molar-refractivity contribution in [1.29, 1.82) is 0 Å². The minimum Gasteiger partial charge on any atom is -0.392 e. The van der Waals surface area contributed by atoms with E-state index in [1.807, 2.05) is 44.2 Å². The van der Waals surface area contributed by atoms with Crippen molar-refractivity contribution in [1.82, 2.24) is 4.31 Å². The maximum Gasteiger partial charge on any atom is 0.243 e. The second kappa shape index (κ2) is 7.35. The van der Waals surface area contributed by atoms with Crippen molar-refractivity contribution >= 4 is 10.0 Å². The summed E-state index contributed by atoms with van der Waals surface area (Å²) < 4.78 is 28.3. The van der Waals surface area contributed by atoms with Crippen molar-refractivity contribution in [2.24, 2.45) is 5.92 Å². The number of piperidine rings is 1. The van der Waals surface area contributed by atoms with Crippen LogP contribution in [0.4, 0.5) is 0 Å². The number of rotatable bonds is 4. The molecule has 5 heteroatoms. The molecule has 4 nitrogen and oxygen atoms in total. The molecule has 26 heavy (non-hydrogen) atoms. The number of aryl methyl sites for hydroxylation is 1. The fourth-order valence-electron chi connectivity index (χ4n) is 3.53. The molecule has 2 aromatic carbocycles. The molecule has 1 saturated heterocycles. The zero-order valence-electron chi connectivity index (χ0n) is 15.2. The van der Waals surface area contributed by atoms with Gasteiger partial charge >= 0.3 is 0 Å². The fourth-order valence-corrected chi connectivity index (χ4v) is 5.18. The molecule has 1 aliphatic rings. The minimum absolute atomic E-state index is 0.228. The highest BCUT2D eigenvalue weighted by atomic mass is 32.2. The van der Waals surface area contributed by atoms with Crippen LogP contribution in [0.5, 0.6) is 0 Å². The zero-order chi connectivity index (χ0) is 18.9. The van der Waals surface area contributed by atoms with Gasteiger partial charge in [0, 0.05) is 12.5 Å². The molecular formula is C21H25NO3S. The fraction of sp³-hybridized carbons (Fsp3) is 0.333. The van der Waals surface area contributed by atoms with Gasteiger partial charge in [-0.15, -0.1) is 0 Å². The van der Waals surface area contributed by atoms with Gasteiger partial charge in [-0.25, -0.2) is 8.42 Å². The molecule has 1 heterocycles. The van der Waals surface area contributed by atoms with E-state index in [0.29, 0.717) is 6.42 Å². The Kier molecular flexibility index (Phi) is 5.32. The molecular weight excluding hydrogens is 346 g/mol. The average molecular weight is 372 g/mol. The van der Waals surface area contributed by atoms with Crippen molar-refractivity contribution in [3.8, 4) is 0 Å². The van der Waals surface area contributed by atoms with Crippen molar-refractivity contribution in [3.63, 3.8) is 0 Å². The zero-order valence-corrected chi connectivity index (χ0v) is 16.0. The molecule has 0 saturated carbocycles. The number of nitrogens with zero attached hydrogens (tertiary/aromatic N) is 1. The molecule has 3 rings (SSSR count). The van der Waals surface area contributed by atoms with Gasteiger partial charge in [0.15, 0.2) is 0 Å². The monoisotopic (exact) mass is 371 g/mol. The highest BCUT2D eigenvalue weighted by molar-refractivity contribution is 7.89. The number of sulfonamides is 1. The van der Waals surface area contributed by atoms with E-state index < -0.39 is 22.2 Å². The highest BCUT2D eigenvalue weighted by Gasteiger charge is 2.42. The van der Waals surface area contributed by atoms with Crippen LogP contribution in [-0.2, 0) is 10.0 Å². The Labute approximate surface area is 155 Å². The SMILES string of the molecule is C=C(C)[C@H]1CN(S(=O)(=O)c2ccc(C)cc2)[C@@H](c2ccccc2)C[C@H]1O. The third-order valence-electron chi connectivity index (χ3n) is 5.10. The molecule has 0 aliphatic carbocycles. The van der Waals surface area contributed by atoms with Gasteiger partial charge in [0.2, 0.25) is 10.0 Å². The first-order valence-electron chi connectivity index (χ1n) is 8.77. The number of aliphatic hydroxyl groups is 1. The quantitative estimate of drug-likeness (QED) is 0.834. The van der Waals surface area contributed by atoms with Crippen LogP contribution in [0.3, 0.4) is 0 Å². The van der Waals surface area contributed by atoms with Gasteiger partial charge in [-0.2, -0.15) is 4.31 Å². The summed E-state index contributed by atoms with van der Waals surface area (Å²) in [6.07, 6.45) is -0.255. The molecule has 3 atom stereocenters. The predicted octanol–water partition coefficient (Wildman–Crippen LogP) is 3.68. The standard InChI is InChI=1S/C21H25NO3S/c1-15(2)19-14-22(26(24,25)18-11-9-16(3)10-12-18)20(13-21(19)23)17-7-5-4-6-8-17/h4-12,19-21,23H,1,13-14H2,2-3H3/t19-,20-,21-/m1/s1. The largest absolute Gasteiger partial charge is 0.392 e. The van der Waals surface area contributed by atoms with Crippen LogP contribution in [0.15, 0.2) is 71.6 Å². The second-order valence-electron chi connectivity index (χ2n) is 7.07. The van der Waals surface area contributed by atoms with Gasteiger partial charge in [-0.3, -0.25) is 0 Å². The van der Waals surface area contributed by atoms with E-state index in [1.54, 1.807) is 24.3 Å². The van der Waals surface area contributed by atoms with Gasteiger partial charge in [0.1, 0.15) is 0 Å². The van der Waals surface area contributed by atoms with Crippen molar-refractivity contribution in [2.45, 2.75) is 37.3 Å². The third-order valence-corrected chi connectivity index (χ3v) is 6.99. The lowest BCUT2D eigenvalue weighted by Gasteiger charge is -2.42. The summed E-state index contributed by atoms with van der Waals surface area (Å²) >= 11 is 0. The first-order chi connectivity index (χ1) is 12.3. The molecule has 1 aliphatic heterocycles. The Bertz CT molecular complexity index is 875. The lowest BCUT2D eigenvalue weighted by molar-refractivity contribution is 0.0420. The highest BCUT2D eigenvalue weighted by Crippen LogP contribution is 2.39. The number of aliphatic hydroxyl groups excluding tert-OH is 1. The molecule has 0 unspecified atom stereocenters. The molecule has 1 fully saturated rings. The van der Waals surface area contributed by atoms with E-state index in [9.17, 15) is 13.5 Å². The Balaban J connectivity index is 2.05. The maximum absolute atomic E-state index is 13.4. The van der Waals surface area contributed by atoms with E-state index >= 15 is 0 Å². The van der Waals surface area contributed by atoms with Gasteiger partial charge < -0.3 is 5.11 Å². The van der Waals surface area contributed by atoms with Crippen molar-refractivity contribution in [2.75, 3.05) is 6.54 Å². The van der Waals surface area contributed by atoms with Crippen molar-refractivity contribution < 1.29 is 13.5 Å². The summed E-state index contributed by atoms with van der Waals surface area (Å²) in [6.45, 7) is 7.94. The van der Waals surface area contributed by atoms with Gasteiger partial charge in [0.05, 0.1) is 17.0 Å². The van der Waals surface area contributed by atoms with Crippen LogP contribution < -0.4 is 0 Å². The summed E-state index contributed by atoms with van der Waals surface area (Å²) in [7, 11) is -3.68. The van der Waals surface area contributed by atoms with E-state index in [-0.39, 0.29) is 17.4 Å². The summed E-state index contributed by atoms with van der Waals surface area (Å²) in [5.74, 6) is -0.268. The molecule has 1 N–H and O–H groups in total. The molecule has 0 bridgehead atoms. The van der Waals surface area contributed by atoms with Crippen LogP contribution >= 0.6 is 0 Å². The maximum atomic E-state index is 13.4. The Morgan fingerprint density at radius 3 is 2.31 bits per heavy atom. The van der Waals surface area contributed by atoms with Gasteiger partial charge in [0.25, 0.3) is 0 Å². The number of hydrogen-bond donors (Lipinski definition) is 1. The number of hydrogen-bond acceptors (Lipinski definition) is 3. The average Bonchev–Trinajstić information content (AvgIpc) is 2.62. The first kappa shape index (κ1) is 18.8. The minimum atomic E-state index is -3.68. The first-order valence-corrected chi connectivity index (χ1v) is 10.2. The number of benzene rings is 2. The molecule has 2 aromatic rings. The summed E-state index contributed by atoms with van der Waals surface area (Å²) in [5, 5.41) is 10.6. The molecule has 0 radical (unpaired) electrons. The molecule has 0 amide bonds. The summed E-state index contributed by atoms with van der Waals surface area (Å²) in [6, 6.07) is 16.0. The lowest BCUT2D eigenvalue weighted by atomic mass is 9.85. The van der Waals surface area contributed by atoms with Crippen LogP contribution in [-0.4, -0.2) is 30.5 Å². The predicted molar refractivity (Wildman–Crippen MR) is 103 cm³/mol. The smallest absolute Gasteiger partial charge is 0.243 e. The van der Waals surface area contributed by atoms with Crippen LogP contribution in [0.1, 0.15) is 30.5 Å². The van der Waals surface area contributed by atoms with Crippen LogP contribution in [0.2, 0.25) is 0 Å². The van der Waals surface area contributed by atoms with Crippen LogP contribution in [0.25, 0.3) is 0 Å². The van der Waals surface area contributed by atoms with Crippen molar-refractivity contribution in [3.05, 3.63) is 77.9 Å². The van der Waals surface area contributed by atoms with E-state index in [2.05, 4.69) is 6.58 Å². The molecule has 0 spiro atoms. The van der Waals surface area contributed by atoms with Gasteiger partial charge in [-0.05, 0) is 38.0 Å². The molecule has 0 aromatic heterocycles.